The molecule has 19 heavy (non-hydrogen) atoms. The molecule has 3 rings (SSSR count). The molecule has 2 aliphatic rings. The maximum absolute atomic E-state index is 2.64. The first-order valence-corrected chi connectivity index (χ1v) is 8.27. The van der Waals surface area contributed by atoms with Gasteiger partial charge in [0.05, 0.1) is 5.54 Å². The molecule has 1 aromatic rings. The Labute approximate surface area is 121 Å². The Kier molecular flexibility index (Phi) is 3.72. The first kappa shape index (κ1) is 13.3. The predicted molar refractivity (Wildman–Crippen MR) is 84.8 cm³/mol. The van der Waals surface area contributed by atoms with Crippen molar-refractivity contribution in [1.82, 2.24) is 4.31 Å². The van der Waals surface area contributed by atoms with E-state index in [9.17, 15) is 0 Å². The standard InChI is InChI=1S/C17H23NS/c1-3-18-17(12-8-5-9-13-17)14(2)16(19-18)15-10-6-4-7-11-15/h4,6-7,10-11H,3,5,8-9,12-13H2,1-2H3. The van der Waals surface area contributed by atoms with Crippen molar-refractivity contribution in [1.29, 1.82) is 0 Å². The zero-order chi connectivity index (χ0) is 13.3. The van der Waals surface area contributed by atoms with Crippen LogP contribution in [-0.4, -0.2) is 16.4 Å². The Balaban J connectivity index is 2.01. The van der Waals surface area contributed by atoms with E-state index >= 15 is 0 Å². The van der Waals surface area contributed by atoms with Crippen LogP contribution in [0, 0.1) is 0 Å². The van der Waals surface area contributed by atoms with Gasteiger partial charge in [0.15, 0.2) is 0 Å². The van der Waals surface area contributed by atoms with Crippen molar-refractivity contribution in [3.63, 3.8) is 0 Å². The molecule has 0 saturated heterocycles. The molecule has 0 N–H and O–H groups in total. The van der Waals surface area contributed by atoms with Crippen LogP contribution in [0.3, 0.4) is 0 Å². The van der Waals surface area contributed by atoms with Crippen LogP contribution >= 0.6 is 11.9 Å². The highest BCUT2D eigenvalue weighted by Crippen LogP contribution is 2.54. The van der Waals surface area contributed by atoms with Crippen molar-refractivity contribution in [3.05, 3.63) is 41.5 Å². The first-order chi connectivity index (χ1) is 9.28. The summed E-state index contributed by atoms with van der Waals surface area (Å²) < 4.78 is 2.64. The van der Waals surface area contributed by atoms with Crippen LogP contribution in [0.1, 0.15) is 51.5 Å². The van der Waals surface area contributed by atoms with E-state index in [1.807, 2.05) is 11.9 Å². The molecule has 0 bridgehead atoms. The molecule has 1 heterocycles. The molecule has 0 unspecified atom stereocenters. The summed E-state index contributed by atoms with van der Waals surface area (Å²) in [7, 11) is 0. The molecule has 0 amide bonds. The molecule has 0 aromatic heterocycles. The zero-order valence-corrected chi connectivity index (χ0v) is 12.8. The van der Waals surface area contributed by atoms with Gasteiger partial charge in [-0.2, -0.15) is 0 Å². The van der Waals surface area contributed by atoms with Crippen molar-refractivity contribution in [2.75, 3.05) is 6.54 Å². The fourth-order valence-electron chi connectivity index (χ4n) is 3.65. The van der Waals surface area contributed by atoms with Crippen LogP contribution < -0.4 is 0 Å². The lowest BCUT2D eigenvalue weighted by Gasteiger charge is -2.41. The molecule has 1 nitrogen and oxygen atoms in total. The summed E-state index contributed by atoms with van der Waals surface area (Å²) in [6.07, 6.45) is 6.87. The fourth-order valence-corrected chi connectivity index (χ4v) is 5.06. The van der Waals surface area contributed by atoms with E-state index in [-0.39, 0.29) is 0 Å². The molecule has 1 aromatic carbocycles. The summed E-state index contributed by atoms with van der Waals surface area (Å²) in [5.74, 6) is 0. The predicted octanol–water partition coefficient (Wildman–Crippen LogP) is 5.10. The average Bonchev–Trinajstić information content (AvgIpc) is 2.74. The molecule has 1 aliphatic carbocycles. The van der Waals surface area contributed by atoms with E-state index in [4.69, 9.17) is 0 Å². The highest BCUT2D eigenvalue weighted by Gasteiger charge is 2.45. The summed E-state index contributed by atoms with van der Waals surface area (Å²) in [6.45, 7) is 5.80. The third-order valence-electron chi connectivity index (χ3n) is 4.72. The van der Waals surface area contributed by atoms with Gasteiger partial charge in [-0.25, -0.2) is 4.31 Å². The van der Waals surface area contributed by atoms with Crippen molar-refractivity contribution in [3.8, 4) is 0 Å². The maximum Gasteiger partial charge on any atom is 0.0536 e. The normalized spacial score (nSPS) is 23.3. The average molecular weight is 273 g/mol. The fraction of sp³-hybridized carbons (Fsp3) is 0.529. The zero-order valence-electron chi connectivity index (χ0n) is 12.0. The Morgan fingerprint density at radius 2 is 1.79 bits per heavy atom. The van der Waals surface area contributed by atoms with E-state index in [2.05, 4.69) is 48.5 Å². The summed E-state index contributed by atoms with van der Waals surface area (Å²) >= 11 is 1.99. The lowest BCUT2D eigenvalue weighted by atomic mass is 9.76. The van der Waals surface area contributed by atoms with Crippen molar-refractivity contribution in [2.24, 2.45) is 0 Å². The minimum atomic E-state index is 0.350. The van der Waals surface area contributed by atoms with Crippen LogP contribution in [-0.2, 0) is 0 Å². The quantitative estimate of drug-likeness (QED) is 0.689. The second-order valence-electron chi connectivity index (χ2n) is 5.70. The lowest BCUT2D eigenvalue weighted by Crippen LogP contribution is -2.44. The maximum atomic E-state index is 2.64. The van der Waals surface area contributed by atoms with Gasteiger partial charge in [-0.05, 0) is 42.8 Å². The molecule has 2 heteroatoms. The summed E-state index contributed by atoms with van der Waals surface area (Å²) in [4.78, 5) is 1.50. The van der Waals surface area contributed by atoms with E-state index in [0.717, 1.165) is 6.54 Å². The molecule has 1 saturated carbocycles. The third-order valence-corrected chi connectivity index (χ3v) is 6.27. The number of rotatable bonds is 2. The molecule has 102 valence electrons. The van der Waals surface area contributed by atoms with Gasteiger partial charge in [0.25, 0.3) is 0 Å². The number of nitrogens with zero attached hydrogens (tertiary/aromatic N) is 1. The van der Waals surface area contributed by atoms with Gasteiger partial charge in [-0.1, -0.05) is 56.5 Å². The van der Waals surface area contributed by atoms with Crippen molar-refractivity contribution in [2.45, 2.75) is 51.5 Å². The van der Waals surface area contributed by atoms with Crippen LogP contribution in [0.5, 0.6) is 0 Å². The molecule has 1 fully saturated rings. The largest absolute Gasteiger partial charge is 0.236 e. The number of hydrogen-bond acceptors (Lipinski definition) is 2. The topological polar surface area (TPSA) is 3.24 Å². The Morgan fingerprint density at radius 1 is 1.11 bits per heavy atom. The second-order valence-corrected chi connectivity index (χ2v) is 6.73. The molecule has 0 atom stereocenters. The van der Waals surface area contributed by atoms with Gasteiger partial charge in [0.1, 0.15) is 0 Å². The van der Waals surface area contributed by atoms with Gasteiger partial charge in [0, 0.05) is 11.4 Å². The number of hydrogen-bond donors (Lipinski definition) is 0. The second kappa shape index (κ2) is 5.34. The molecular formula is C17H23NS. The van der Waals surface area contributed by atoms with Crippen molar-refractivity contribution < 1.29 is 0 Å². The Hall–Kier alpha value is -0.730. The first-order valence-electron chi connectivity index (χ1n) is 7.50. The highest BCUT2D eigenvalue weighted by atomic mass is 32.2. The number of likely N-dealkylation sites (N-methyl/N-ethyl adjacent to an activating group) is 1. The highest BCUT2D eigenvalue weighted by molar-refractivity contribution is 8.06. The molecule has 1 spiro atoms. The monoisotopic (exact) mass is 273 g/mol. The van der Waals surface area contributed by atoms with Crippen LogP contribution in [0.25, 0.3) is 4.91 Å². The van der Waals surface area contributed by atoms with Crippen LogP contribution in [0.2, 0.25) is 0 Å². The smallest absolute Gasteiger partial charge is 0.0536 e. The summed E-state index contributed by atoms with van der Waals surface area (Å²) in [5, 5.41) is 0. The molecule has 1 aliphatic heterocycles. The minimum Gasteiger partial charge on any atom is -0.236 e. The SMILES string of the molecule is CCN1SC(c2ccccc2)=C(C)C12CCCCC2. The van der Waals surface area contributed by atoms with Gasteiger partial charge in [-0.15, -0.1) is 0 Å². The van der Waals surface area contributed by atoms with Crippen LogP contribution in [0.15, 0.2) is 35.9 Å². The van der Waals surface area contributed by atoms with Gasteiger partial charge in [0.2, 0.25) is 0 Å². The Morgan fingerprint density at radius 3 is 2.42 bits per heavy atom. The Bertz CT molecular complexity index is 471. The summed E-state index contributed by atoms with van der Waals surface area (Å²) in [5.41, 5.74) is 3.36. The van der Waals surface area contributed by atoms with Crippen molar-refractivity contribution >= 4 is 16.9 Å². The molecule has 0 radical (unpaired) electrons. The third kappa shape index (κ3) is 2.15. The van der Waals surface area contributed by atoms with Gasteiger partial charge < -0.3 is 0 Å². The molecular weight excluding hydrogens is 250 g/mol. The summed E-state index contributed by atoms with van der Waals surface area (Å²) in [6, 6.07) is 10.9. The van der Waals surface area contributed by atoms with E-state index in [0.29, 0.717) is 5.54 Å². The van der Waals surface area contributed by atoms with E-state index in [1.165, 1.54) is 42.6 Å². The van der Waals surface area contributed by atoms with Gasteiger partial charge >= 0.3 is 0 Å². The van der Waals surface area contributed by atoms with Crippen LogP contribution in [0.4, 0.5) is 0 Å². The van der Waals surface area contributed by atoms with E-state index < -0.39 is 0 Å². The lowest BCUT2D eigenvalue weighted by molar-refractivity contribution is 0.192. The van der Waals surface area contributed by atoms with E-state index in [1.54, 1.807) is 5.57 Å². The number of benzene rings is 1. The van der Waals surface area contributed by atoms with Gasteiger partial charge in [-0.3, -0.25) is 0 Å². The minimum absolute atomic E-state index is 0.350.